The Labute approximate surface area is 170 Å². The van der Waals surface area contributed by atoms with Gasteiger partial charge in [0.25, 0.3) is 5.56 Å². The molecular weight excluding hydrogens is 394 g/mol. The number of allylic oxidation sites excluding steroid dienone is 1. The Morgan fingerprint density at radius 1 is 1.30 bits per heavy atom. The molecule has 10 heteroatoms. The molecule has 0 spiro atoms. The first kappa shape index (κ1) is 19.9. The third-order valence-corrected chi connectivity index (χ3v) is 5.03. The maximum Gasteiger partial charge on any atom is 0.280 e. The highest BCUT2D eigenvalue weighted by molar-refractivity contribution is 5.82. The predicted molar refractivity (Wildman–Crippen MR) is 108 cm³/mol. The van der Waals surface area contributed by atoms with Crippen molar-refractivity contribution in [3.8, 4) is 0 Å². The minimum atomic E-state index is -0.629. The van der Waals surface area contributed by atoms with Gasteiger partial charge >= 0.3 is 0 Å². The molecule has 2 unspecified atom stereocenters. The van der Waals surface area contributed by atoms with Gasteiger partial charge in [0.2, 0.25) is 0 Å². The van der Waals surface area contributed by atoms with E-state index in [0.29, 0.717) is 28.8 Å². The summed E-state index contributed by atoms with van der Waals surface area (Å²) >= 11 is 0. The highest BCUT2D eigenvalue weighted by Crippen LogP contribution is 2.29. The van der Waals surface area contributed by atoms with Gasteiger partial charge in [0.05, 0.1) is 12.4 Å². The molecule has 0 bridgehead atoms. The molecule has 3 aromatic rings. The van der Waals surface area contributed by atoms with E-state index < -0.39 is 17.8 Å². The van der Waals surface area contributed by atoms with Gasteiger partial charge in [-0.3, -0.25) is 9.79 Å². The largest absolute Gasteiger partial charge is 0.383 e. The zero-order chi connectivity index (χ0) is 21.5. The molecule has 158 valence electrons. The quantitative estimate of drug-likeness (QED) is 0.511. The van der Waals surface area contributed by atoms with Crippen molar-refractivity contribution >= 4 is 17.2 Å². The number of halogens is 2. The fourth-order valence-electron chi connectivity index (χ4n) is 3.31. The normalized spacial score (nSPS) is 18.0. The monoisotopic (exact) mass is 416 g/mol. The van der Waals surface area contributed by atoms with Crippen LogP contribution in [0.15, 0.2) is 50.5 Å². The Balaban J connectivity index is 1.58. The fraction of sp³-hybridized carbons (Fsp3) is 0.350. The summed E-state index contributed by atoms with van der Waals surface area (Å²) in [6.45, 7) is 5.99. The number of aliphatic imine (C=N–C) groups is 1. The van der Waals surface area contributed by atoms with Crippen molar-refractivity contribution in [2.75, 3.05) is 0 Å². The van der Waals surface area contributed by atoms with Crippen LogP contribution >= 0.6 is 0 Å². The molecular formula is C20H22F2N6O2. The lowest BCUT2D eigenvalue weighted by molar-refractivity contribution is 0.252. The lowest BCUT2D eigenvalue weighted by atomic mass is 9.84. The van der Waals surface area contributed by atoms with E-state index in [9.17, 15) is 13.6 Å². The van der Waals surface area contributed by atoms with Gasteiger partial charge < -0.3 is 20.1 Å². The van der Waals surface area contributed by atoms with Crippen molar-refractivity contribution in [2.24, 2.45) is 10.4 Å². The number of rotatable bonds is 5. The third-order valence-electron chi connectivity index (χ3n) is 5.03. The van der Waals surface area contributed by atoms with Crippen molar-refractivity contribution in [3.63, 3.8) is 0 Å². The van der Waals surface area contributed by atoms with Crippen molar-refractivity contribution in [1.82, 2.24) is 25.8 Å². The van der Waals surface area contributed by atoms with Crippen molar-refractivity contribution in [1.29, 1.82) is 0 Å². The number of aromatic nitrogens is 3. The second-order valence-electron chi connectivity index (χ2n) is 8.29. The molecule has 1 aliphatic heterocycles. The number of pyridine rings is 1. The van der Waals surface area contributed by atoms with E-state index in [4.69, 9.17) is 4.52 Å². The number of H-pyrrole nitrogens is 2. The van der Waals surface area contributed by atoms with E-state index in [1.807, 2.05) is 20.8 Å². The van der Waals surface area contributed by atoms with Crippen LogP contribution in [-0.2, 0) is 6.42 Å². The summed E-state index contributed by atoms with van der Waals surface area (Å²) in [4.78, 5) is 22.5. The summed E-state index contributed by atoms with van der Waals surface area (Å²) < 4.78 is 33.4. The summed E-state index contributed by atoms with van der Waals surface area (Å²) in [5, 5.41) is 9.04. The Kier molecular flexibility index (Phi) is 4.92. The van der Waals surface area contributed by atoms with Crippen LogP contribution in [0.2, 0.25) is 0 Å². The first-order chi connectivity index (χ1) is 14.2. The maximum absolute atomic E-state index is 14.6. The first-order valence-corrected chi connectivity index (χ1v) is 9.46. The first-order valence-electron chi connectivity index (χ1n) is 9.46. The predicted octanol–water partition coefficient (Wildman–Crippen LogP) is 3.04. The van der Waals surface area contributed by atoms with Crippen LogP contribution in [0.25, 0.3) is 11.0 Å². The van der Waals surface area contributed by atoms with Crippen LogP contribution in [0.3, 0.4) is 0 Å². The minimum absolute atomic E-state index is 0.159. The maximum atomic E-state index is 14.6. The van der Waals surface area contributed by atoms with E-state index in [1.165, 1.54) is 12.1 Å². The average Bonchev–Trinajstić information content (AvgIpc) is 3.27. The zero-order valence-corrected chi connectivity index (χ0v) is 16.7. The molecule has 4 heterocycles. The van der Waals surface area contributed by atoms with Crippen LogP contribution in [0.4, 0.5) is 8.78 Å². The lowest BCUT2D eigenvalue weighted by Crippen LogP contribution is -2.46. The standard InChI is InChI=1S/C20H22F2N6O2/c1-20(2,3)15(5-11-6-16(29)28-30-11)26-19-14(22)9-25-18(27-19)13-8-24-17-12(13)4-10(21)7-23-17/h4,6-9,15,18,26-27H,5H2,1-3H3,(H,23,24)(H,28,29). The Hall–Kier alpha value is -3.43. The molecule has 30 heavy (non-hydrogen) atoms. The fourth-order valence-corrected chi connectivity index (χ4v) is 3.31. The molecule has 0 aromatic carbocycles. The Bertz CT molecular complexity index is 1180. The lowest BCUT2D eigenvalue weighted by Gasteiger charge is -2.34. The molecule has 0 radical (unpaired) electrons. The van der Waals surface area contributed by atoms with Crippen molar-refractivity contribution in [2.45, 2.75) is 39.4 Å². The number of hydrogen-bond acceptors (Lipinski definition) is 6. The van der Waals surface area contributed by atoms with E-state index in [0.717, 1.165) is 12.4 Å². The molecule has 8 nitrogen and oxygen atoms in total. The van der Waals surface area contributed by atoms with Gasteiger partial charge in [-0.05, 0) is 11.5 Å². The van der Waals surface area contributed by atoms with Crippen molar-refractivity contribution < 1.29 is 13.3 Å². The van der Waals surface area contributed by atoms with Crippen LogP contribution in [-0.4, -0.2) is 27.4 Å². The van der Waals surface area contributed by atoms with Gasteiger partial charge in [-0.25, -0.2) is 13.8 Å². The molecule has 4 N–H and O–H groups in total. The highest BCUT2D eigenvalue weighted by Gasteiger charge is 2.30. The smallest absolute Gasteiger partial charge is 0.280 e. The molecule has 0 fully saturated rings. The topological polar surface area (TPSA) is 111 Å². The summed E-state index contributed by atoms with van der Waals surface area (Å²) in [5.74, 6) is -0.400. The summed E-state index contributed by atoms with van der Waals surface area (Å²) in [5.41, 5.74) is 0.543. The molecule has 0 saturated heterocycles. The molecule has 0 aliphatic carbocycles. The molecule has 4 rings (SSSR count). The van der Waals surface area contributed by atoms with E-state index in [2.05, 4.69) is 30.8 Å². The van der Waals surface area contributed by atoms with E-state index in [-0.39, 0.29) is 22.8 Å². The van der Waals surface area contributed by atoms with Gasteiger partial charge in [0.1, 0.15) is 29.2 Å². The van der Waals surface area contributed by atoms with E-state index >= 15 is 0 Å². The highest BCUT2D eigenvalue weighted by atomic mass is 19.1. The summed E-state index contributed by atoms with van der Waals surface area (Å²) in [6.07, 6.45) is 3.66. The number of aromatic amines is 2. The minimum Gasteiger partial charge on any atom is -0.383 e. The number of nitrogens with one attached hydrogen (secondary N) is 4. The van der Waals surface area contributed by atoms with Crippen LogP contribution in [0.1, 0.15) is 38.3 Å². The number of nitrogens with zero attached hydrogens (tertiary/aromatic N) is 2. The number of fused-ring (bicyclic) bond motifs is 1. The molecule has 2 atom stereocenters. The third kappa shape index (κ3) is 3.98. The molecule has 0 amide bonds. The number of hydrogen-bond donors (Lipinski definition) is 4. The van der Waals surface area contributed by atoms with Gasteiger partial charge in [-0.1, -0.05) is 20.8 Å². The summed E-state index contributed by atoms with van der Waals surface area (Å²) in [7, 11) is 0. The van der Waals surface area contributed by atoms with Gasteiger partial charge in [0, 0.05) is 35.7 Å². The van der Waals surface area contributed by atoms with Gasteiger partial charge in [-0.15, -0.1) is 0 Å². The SMILES string of the molecule is CC(C)(C)C(Cc1cc(=O)[nH]o1)NC1=C(F)C=NC(c2c[nH]c3ncc(F)cc23)N1. The second kappa shape index (κ2) is 7.43. The average molecular weight is 416 g/mol. The van der Waals surface area contributed by atoms with Gasteiger partial charge in [0.15, 0.2) is 5.83 Å². The van der Waals surface area contributed by atoms with E-state index in [1.54, 1.807) is 6.20 Å². The molecule has 0 saturated carbocycles. The van der Waals surface area contributed by atoms with Gasteiger partial charge in [-0.2, -0.15) is 5.16 Å². The van der Waals surface area contributed by atoms with Crippen LogP contribution in [0.5, 0.6) is 0 Å². The zero-order valence-electron chi connectivity index (χ0n) is 16.7. The van der Waals surface area contributed by atoms with Crippen molar-refractivity contribution in [3.05, 3.63) is 63.7 Å². The molecule has 3 aromatic heterocycles. The Morgan fingerprint density at radius 2 is 2.10 bits per heavy atom. The second-order valence-corrected chi connectivity index (χ2v) is 8.29. The van der Waals surface area contributed by atoms with Crippen LogP contribution in [0, 0.1) is 11.2 Å². The Morgan fingerprint density at radius 3 is 2.80 bits per heavy atom. The van der Waals surface area contributed by atoms with Crippen LogP contribution < -0.4 is 16.2 Å². The molecule has 1 aliphatic rings. The summed E-state index contributed by atoms with van der Waals surface area (Å²) in [6, 6.07) is 2.47.